The lowest BCUT2D eigenvalue weighted by molar-refractivity contribution is 0.102. The van der Waals surface area contributed by atoms with E-state index in [1.54, 1.807) is 24.3 Å². The molecule has 1 aliphatic heterocycles. The van der Waals surface area contributed by atoms with Crippen molar-refractivity contribution in [1.82, 2.24) is 0 Å². The second-order valence-corrected chi connectivity index (χ2v) is 5.01. The van der Waals surface area contributed by atoms with Crippen LogP contribution in [-0.2, 0) is 0 Å². The fraction of sp³-hybridized carbons (Fsp3) is 0.125. The maximum Gasteiger partial charge on any atom is 0.257 e. The smallest absolute Gasteiger partial charge is 0.257 e. The Kier molecular flexibility index (Phi) is 2.79. The van der Waals surface area contributed by atoms with E-state index in [4.69, 9.17) is 0 Å². The van der Waals surface area contributed by atoms with Gasteiger partial charge in [0.05, 0.1) is 22.5 Å². The van der Waals surface area contributed by atoms with Crippen molar-refractivity contribution in [2.75, 3.05) is 10.6 Å². The molecule has 0 fully saturated rings. The summed E-state index contributed by atoms with van der Waals surface area (Å²) in [4.78, 5) is 24.6. The fourth-order valence-corrected chi connectivity index (χ4v) is 2.29. The molecule has 0 unspecified atom stereocenters. The highest BCUT2D eigenvalue weighted by Crippen LogP contribution is 2.26. The third-order valence-corrected chi connectivity index (χ3v) is 3.34. The maximum atomic E-state index is 12.3. The van der Waals surface area contributed by atoms with Gasteiger partial charge in [0, 0.05) is 0 Å². The number of amides is 2. The molecule has 2 N–H and O–H groups in total. The van der Waals surface area contributed by atoms with E-state index >= 15 is 0 Å². The Balaban J connectivity index is 2.15. The molecule has 0 aromatic heterocycles. The molecule has 2 aromatic rings. The zero-order chi connectivity index (χ0) is 14.3. The number of fused-ring (bicyclic) bond motifs is 2. The molecule has 3 rings (SSSR count). The van der Waals surface area contributed by atoms with Crippen molar-refractivity contribution in [3.05, 3.63) is 58.7 Å². The van der Waals surface area contributed by atoms with E-state index in [-0.39, 0.29) is 11.8 Å². The van der Waals surface area contributed by atoms with Crippen LogP contribution in [0.1, 0.15) is 31.8 Å². The highest BCUT2D eigenvalue weighted by molar-refractivity contribution is 6.18. The Morgan fingerprint density at radius 2 is 1.10 bits per heavy atom. The van der Waals surface area contributed by atoms with Gasteiger partial charge in [-0.1, -0.05) is 23.3 Å². The van der Waals surface area contributed by atoms with Crippen molar-refractivity contribution in [2.45, 2.75) is 13.8 Å². The standard InChI is InChI=1S/C16H14N2O2/c1-9-3-5-13-11(7-9)15(19)18-14-6-4-10(2)8-12(14)16(20)17-13/h3-8H,1-2H3,(H,17,20)(H,18,19). The Hall–Kier alpha value is -2.62. The van der Waals surface area contributed by atoms with Crippen LogP contribution in [0.25, 0.3) is 0 Å². The van der Waals surface area contributed by atoms with E-state index in [9.17, 15) is 9.59 Å². The van der Waals surface area contributed by atoms with Gasteiger partial charge >= 0.3 is 0 Å². The van der Waals surface area contributed by atoms with Gasteiger partial charge in [-0.2, -0.15) is 0 Å². The van der Waals surface area contributed by atoms with Crippen molar-refractivity contribution in [2.24, 2.45) is 0 Å². The number of carbonyl (C=O) groups excluding carboxylic acids is 2. The van der Waals surface area contributed by atoms with Crippen LogP contribution in [0.3, 0.4) is 0 Å². The van der Waals surface area contributed by atoms with Crippen molar-refractivity contribution in [3.8, 4) is 0 Å². The molecule has 100 valence electrons. The van der Waals surface area contributed by atoms with Crippen LogP contribution < -0.4 is 10.6 Å². The second kappa shape index (κ2) is 4.49. The summed E-state index contributed by atoms with van der Waals surface area (Å²) in [6.07, 6.45) is 0. The molecule has 0 saturated carbocycles. The van der Waals surface area contributed by atoms with Gasteiger partial charge in [0.15, 0.2) is 0 Å². The Bertz CT molecular complexity index is 672. The van der Waals surface area contributed by atoms with E-state index in [1.165, 1.54) is 0 Å². The normalized spacial score (nSPS) is 13.5. The average molecular weight is 266 g/mol. The highest BCUT2D eigenvalue weighted by atomic mass is 16.2. The van der Waals surface area contributed by atoms with E-state index in [2.05, 4.69) is 10.6 Å². The minimum atomic E-state index is -0.214. The molecule has 1 aliphatic rings. The monoisotopic (exact) mass is 266 g/mol. The molecule has 20 heavy (non-hydrogen) atoms. The zero-order valence-electron chi connectivity index (χ0n) is 11.3. The van der Waals surface area contributed by atoms with Gasteiger partial charge in [-0.3, -0.25) is 9.59 Å². The first-order chi connectivity index (χ1) is 9.54. The summed E-state index contributed by atoms with van der Waals surface area (Å²) in [6, 6.07) is 10.8. The molecule has 4 nitrogen and oxygen atoms in total. The summed E-state index contributed by atoms with van der Waals surface area (Å²) >= 11 is 0. The fourth-order valence-electron chi connectivity index (χ4n) is 2.29. The minimum Gasteiger partial charge on any atom is -0.321 e. The molecule has 0 atom stereocenters. The Morgan fingerprint density at radius 3 is 1.50 bits per heavy atom. The number of benzene rings is 2. The third kappa shape index (κ3) is 2.05. The number of hydrogen-bond acceptors (Lipinski definition) is 2. The SMILES string of the molecule is Cc1ccc2c(c1)C(=O)Nc1ccc(C)cc1C(=O)N2. The summed E-state index contributed by atoms with van der Waals surface area (Å²) in [6.45, 7) is 3.82. The van der Waals surface area contributed by atoms with Crippen molar-refractivity contribution >= 4 is 23.2 Å². The van der Waals surface area contributed by atoms with Gasteiger partial charge in [0.25, 0.3) is 11.8 Å². The van der Waals surface area contributed by atoms with Gasteiger partial charge in [0.1, 0.15) is 0 Å². The van der Waals surface area contributed by atoms with E-state index in [0.29, 0.717) is 22.5 Å². The lowest BCUT2D eigenvalue weighted by Crippen LogP contribution is -2.24. The summed E-state index contributed by atoms with van der Waals surface area (Å²) in [5.74, 6) is -0.428. The van der Waals surface area contributed by atoms with Crippen molar-refractivity contribution in [1.29, 1.82) is 0 Å². The largest absolute Gasteiger partial charge is 0.321 e. The predicted molar refractivity (Wildman–Crippen MR) is 78.3 cm³/mol. The maximum absolute atomic E-state index is 12.3. The van der Waals surface area contributed by atoms with E-state index in [1.807, 2.05) is 26.0 Å². The summed E-state index contributed by atoms with van der Waals surface area (Å²) in [7, 11) is 0. The molecule has 2 amide bonds. The number of nitrogens with one attached hydrogen (secondary N) is 2. The molecule has 0 saturated heterocycles. The number of aryl methyl sites for hydroxylation is 2. The van der Waals surface area contributed by atoms with Crippen LogP contribution in [-0.4, -0.2) is 11.8 Å². The first kappa shape index (κ1) is 12.4. The Morgan fingerprint density at radius 1 is 0.700 bits per heavy atom. The van der Waals surface area contributed by atoms with Gasteiger partial charge < -0.3 is 10.6 Å². The number of hydrogen-bond donors (Lipinski definition) is 2. The molecule has 0 aliphatic carbocycles. The topological polar surface area (TPSA) is 58.2 Å². The highest BCUT2D eigenvalue weighted by Gasteiger charge is 2.21. The lowest BCUT2D eigenvalue weighted by Gasteiger charge is -2.18. The molecular formula is C16H14N2O2. The van der Waals surface area contributed by atoms with Crippen molar-refractivity contribution < 1.29 is 9.59 Å². The minimum absolute atomic E-state index is 0.214. The molecule has 1 heterocycles. The quantitative estimate of drug-likeness (QED) is 0.769. The van der Waals surface area contributed by atoms with Gasteiger partial charge in [-0.05, 0) is 38.1 Å². The van der Waals surface area contributed by atoms with Gasteiger partial charge in [-0.15, -0.1) is 0 Å². The number of carbonyl (C=O) groups is 2. The molecule has 0 spiro atoms. The third-order valence-electron chi connectivity index (χ3n) is 3.34. The molecular weight excluding hydrogens is 252 g/mol. The van der Waals surface area contributed by atoms with E-state index < -0.39 is 0 Å². The first-order valence-corrected chi connectivity index (χ1v) is 6.38. The van der Waals surface area contributed by atoms with Crippen LogP contribution in [0.15, 0.2) is 36.4 Å². The predicted octanol–water partition coefficient (Wildman–Crippen LogP) is 3.12. The van der Waals surface area contributed by atoms with Crippen LogP contribution in [0.4, 0.5) is 11.4 Å². The molecule has 2 aromatic carbocycles. The van der Waals surface area contributed by atoms with Gasteiger partial charge in [-0.25, -0.2) is 0 Å². The lowest BCUT2D eigenvalue weighted by atomic mass is 10.0. The van der Waals surface area contributed by atoms with Crippen LogP contribution >= 0.6 is 0 Å². The average Bonchev–Trinajstić information content (AvgIpc) is 2.41. The zero-order valence-corrected chi connectivity index (χ0v) is 11.3. The molecule has 0 bridgehead atoms. The number of anilines is 2. The van der Waals surface area contributed by atoms with E-state index in [0.717, 1.165) is 11.1 Å². The van der Waals surface area contributed by atoms with Crippen LogP contribution in [0, 0.1) is 13.8 Å². The first-order valence-electron chi connectivity index (χ1n) is 6.38. The summed E-state index contributed by atoms with van der Waals surface area (Å²) < 4.78 is 0. The van der Waals surface area contributed by atoms with Crippen LogP contribution in [0.2, 0.25) is 0 Å². The molecule has 0 radical (unpaired) electrons. The Labute approximate surface area is 116 Å². The number of rotatable bonds is 0. The molecule has 4 heteroatoms. The second-order valence-electron chi connectivity index (χ2n) is 5.01. The summed E-state index contributed by atoms with van der Waals surface area (Å²) in [5.41, 5.74) is 3.96. The van der Waals surface area contributed by atoms with Crippen molar-refractivity contribution in [3.63, 3.8) is 0 Å². The van der Waals surface area contributed by atoms with Crippen LogP contribution in [0.5, 0.6) is 0 Å². The van der Waals surface area contributed by atoms with Gasteiger partial charge in [0.2, 0.25) is 0 Å². The summed E-state index contributed by atoms with van der Waals surface area (Å²) in [5, 5.41) is 5.61.